The van der Waals surface area contributed by atoms with Gasteiger partial charge in [-0.2, -0.15) is 5.10 Å². The van der Waals surface area contributed by atoms with E-state index in [1.807, 2.05) is 0 Å². The number of amides is 2. The summed E-state index contributed by atoms with van der Waals surface area (Å²) in [6, 6.07) is 12.1. The Kier molecular flexibility index (Phi) is 5.40. The molecule has 0 radical (unpaired) electrons. The summed E-state index contributed by atoms with van der Waals surface area (Å²) in [5.74, 6) is -1.89. The van der Waals surface area contributed by atoms with E-state index in [9.17, 15) is 19.1 Å². The number of nitrogens with one attached hydrogen (secondary N) is 2. The molecule has 23 heavy (non-hydrogen) atoms. The van der Waals surface area contributed by atoms with Crippen molar-refractivity contribution in [3.63, 3.8) is 0 Å². The van der Waals surface area contributed by atoms with Crippen LogP contribution >= 0.6 is 0 Å². The van der Waals surface area contributed by atoms with E-state index in [0.29, 0.717) is 5.56 Å². The predicted octanol–water partition coefficient (Wildman–Crippen LogP) is 2.01. The Hall–Kier alpha value is -3.22. The summed E-state index contributed by atoms with van der Waals surface area (Å²) in [4.78, 5) is 23.2. The molecule has 2 aromatic carbocycles. The van der Waals surface area contributed by atoms with Crippen LogP contribution in [0.1, 0.15) is 12.0 Å². The SMILES string of the molecule is O=C(CC(=O)Nc1ccccc1F)N/N=C/c1ccccc1O. The monoisotopic (exact) mass is 315 g/mol. The largest absolute Gasteiger partial charge is 0.507 e. The lowest BCUT2D eigenvalue weighted by Gasteiger charge is -2.05. The molecule has 118 valence electrons. The van der Waals surface area contributed by atoms with Gasteiger partial charge in [0, 0.05) is 5.56 Å². The van der Waals surface area contributed by atoms with Gasteiger partial charge in [0.25, 0.3) is 0 Å². The number of halogens is 1. The highest BCUT2D eigenvalue weighted by atomic mass is 19.1. The molecule has 0 unspecified atom stereocenters. The van der Waals surface area contributed by atoms with Crippen LogP contribution in [0.4, 0.5) is 10.1 Å². The van der Waals surface area contributed by atoms with Crippen molar-refractivity contribution < 1.29 is 19.1 Å². The predicted molar refractivity (Wildman–Crippen MR) is 83.5 cm³/mol. The first kappa shape index (κ1) is 16.2. The van der Waals surface area contributed by atoms with E-state index in [-0.39, 0.29) is 11.4 Å². The molecule has 0 saturated carbocycles. The van der Waals surface area contributed by atoms with Crippen LogP contribution in [-0.2, 0) is 9.59 Å². The molecule has 0 saturated heterocycles. The fourth-order valence-corrected chi connectivity index (χ4v) is 1.71. The molecule has 2 aromatic rings. The molecule has 6 nitrogen and oxygen atoms in total. The molecule has 2 amide bonds. The van der Waals surface area contributed by atoms with E-state index in [2.05, 4.69) is 15.8 Å². The molecule has 0 atom stereocenters. The van der Waals surface area contributed by atoms with Crippen molar-refractivity contribution in [3.8, 4) is 5.75 Å². The minimum atomic E-state index is -0.662. The van der Waals surface area contributed by atoms with Gasteiger partial charge in [0.15, 0.2) is 0 Å². The molecule has 0 heterocycles. The number of hydrogen-bond donors (Lipinski definition) is 3. The van der Waals surface area contributed by atoms with Crippen molar-refractivity contribution in [2.24, 2.45) is 5.10 Å². The number of phenols is 1. The standard InChI is InChI=1S/C16H14FN3O3/c17-12-6-2-3-7-13(12)19-15(22)9-16(23)20-18-10-11-5-1-4-8-14(11)21/h1-8,10,21H,9H2,(H,19,22)(H,20,23)/b18-10+. The Morgan fingerprint density at radius 2 is 1.78 bits per heavy atom. The van der Waals surface area contributed by atoms with Crippen molar-refractivity contribution in [1.29, 1.82) is 0 Å². The smallest absolute Gasteiger partial charge is 0.249 e. The molecular formula is C16H14FN3O3. The summed E-state index contributed by atoms with van der Waals surface area (Å²) in [5.41, 5.74) is 2.58. The number of phenolic OH excluding ortho intramolecular Hbond substituents is 1. The number of benzene rings is 2. The number of nitrogens with zero attached hydrogens (tertiary/aromatic N) is 1. The number of rotatable bonds is 5. The Balaban J connectivity index is 1.84. The fraction of sp³-hybridized carbons (Fsp3) is 0.0625. The van der Waals surface area contributed by atoms with Gasteiger partial charge in [0.2, 0.25) is 11.8 Å². The van der Waals surface area contributed by atoms with Crippen molar-refractivity contribution in [2.45, 2.75) is 6.42 Å². The van der Waals surface area contributed by atoms with Crippen LogP contribution in [0.2, 0.25) is 0 Å². The van der Waals surface area contributed by atoms with Crippen LogP contribution in [0.25, 0.3) is 0 Å². The van der Waals surface area contributed by atoms with E-state index >= 15 is 0 Å². The van der Waals surface area contributed by atoms with Crippen LogP contribution in [0.15, 0.2) is 53.6 Å². The van der Waals surface area contributed by atoms with Crippen molar-refractivity contribution >= 4 is 23.7 Å². The molecule has 2 rings (SSSR count). The van der Waals surface area contributed by atoms with Crippen LogP contribution in [-0.4, -0.2) is 23.1 Å². The average molecular weight is 315 g/mol. The summed E-state index contributed by atoms with van der Waals surface area (Å²) in [7, 11) is 0. The van der Waals surface area contributed by atoms with E-state index in [1.54, 1.807) is 24.3 Å². The molecule has 0 aliphatic carbocycles. The first-order chi connectivity index (χ1) is 11.1. The molecule has 0 spiro atoms. The van der Waals surface area contributed by atoms with Crippen LogP contribution in [0.3, 0.4) is 0 Å². The first-order valence-electron chi connectivity index (χ1n) is 6.70. The number of carbonyl (C=O) groups excluding carboxylic acids is 2. The highest BCUT2D eigenvalue weighted by Crippen LogP contribution is 2.13. The van der Waals surface area contributed by atoms with Gasteiger partial charge in [0.1, 0.15) is 18.0 Å². The lowest BCUT2D eigenvalue weighted by Crippen LogP contribution is -2.24. The Morgan fingerprint density at radius 3 is 2.52 bits per heavy atom. The average Bonchev–Trinajstić information content (AvgIpc) is 2.51. The lowest BCUT2D eigenvalue weighted by atomic mass is 10.2. The fourth-order valence-electron chi connectivity index (χ4n) is 1.71. The zero-order chi connectivity index (χ0) is 16.7. The van der Waals surface area contributed by atoms with Crippen LogP contribution in [0, 0.1) is 5.82 Å². The highest BCUT2D eigenvalue weighted by molar-refractivity contribution is 6.03. The van der Waals surface area contributed by atoms with Crippen molar-refractivity contribution in [2.75, 3.05) is 5.32 Å². The van der Waals surface area contributed by atoms with E-state index in [4.69, 9.17) is 0 Å². The summed E-state index contributed by atoms with van der Waals surface area (Å²) in [5, 5.41) is 15.4. The molecular weight excluding hydrogens is 301 g/mol. The molecule has 3 N–H and O–H groups in total. The third-order valence-electron chi connectivity index (χ3n) is 2.80. The Morgan fingerprint density at radius 1 is 1.09 bits per heavy atom. The molecule has 0 aliphatic heterocycles. The van der Waals surface area contributed by atoms with Crippen molar-refractivity contribution in [1.82, 2.24) is 5.43 Å². The van der Waals surface area contributed by atoms with Crippen LogP contribution in [0.5, 0.6) is 5.75 Å². The summed E-state index contributed by atoms with van der Waals surface area (Å²) >= 11 is 0. The first-order valence-corrected chi connectivity index (χ1v) is 6.70. The molecule has 0 aliphatic rings. The Labute approximate surface area is 131 Å². The quantitative estimate of drug-likeness (QED) is 0.448. The number of hydrogen-bond acceptors (Lipinski definition) is 4. The lowest BCUT2D eigenvalue weighted by molar-refractivity contribution is -0.126. The molecule has 0 aromatic heterocycles. The highest BCUT2D eigenvalue weighted by Gasteiger charge is 2.10. The normalized spacial score (nSPS) is 10.5. The summed E-state index contributed by atoms with van der Waals surface area (Å²) < 4.78 is 13.4. The second kappa shape index (κ2) is 7.69. The zero-order valence-corrected chi connectivity index (χ0v) is 12.0. The number of hydrazone groups is 1. The second-order valence-corrected chi connectivity index (χ2v) is 4.56. The van der Waals surface area contributed by atoms with E-state index in [1.165, 1.54) is 30.5 Å². The van der Waals surface area contributed by atoms with Gasteiger partial charge in [-0.15, -0.1) is 0 Å². The summed E-state index contributed by atoms with van der Waals surface area (Å²) in [6.07, 6.45) is 0.744. The van der Waals surface area contributed by atoms with Gasteiger partial charge in [-0.3, -0.25) is 9.59 Å². The van der Waals surface area contributed by atoms with Gasteiger partial charge in [-0.05, 0) is 24.3 Å². The minimum Gasteiger partial charge on any atom is -0.507 e. The van der Waals surface area contributed by atoms with Crippen LogP contribution < -0.4 is 10.7 Å². The van der Waals surface area contributed by atoms with Gasteiger partial charge < -0.3 is 10.4 Å². The third kappa shape index (κ3) is 4.92. The van der Waals surface area contributed by atoms with Gasteiger partial charge in [-0.25, -0.2) is 9.82 Å². The van der Waals surface area contributed by atoms with E-state index < -0.39 is 24.1 Å². The zero-order valence-electron chi connectivity index (χ0n) is 12.0. The van der Waals surface area contributed by atoms with Gasteiger partial charge in [0.05, 0.1) is 11.9 Å². The maximum atomic E-state index is 13.4. The Bertz CT molecular complexity index is 747. The number of aromatic hydroxyl groups is 1. The maximum Gasteiger partial charge on any atom is 0.249 e. The molecule has 0 bridgehead atoms. The summed E-state index contributed by atoms with van der Waals surface area (Å²) in [6.45, 7) is 0. The topological polar surface area (TPSA) is 90.8 Å². The molecule has 0 fully saturated rings. The van der Waals surface area contributed by atoms with Crippen molar-refractivity contribution in [3.05, 3.63) is 59.9 Å². The van der Waals surface area contributed by atoms with Gasteiger partial charge in [-0.1, -0.05) is 24.3 Å². The number of para-hydroxylation sites is 2. The number of carbonyl (C=O) groups is 2. The van der Waals surface area contributed by atoms with Gasteiger partial charge >= 0.3 is 0 Å². The minimum absolute atomic E-state index is 0.00279. The third-order valence-corrected chi connectivity index (χ3v) is 2.80. The maximum absolute atomic E-state index is 13.4. The second-order valence-electron chi connectivity index (χ2n) is 4.56. The van der Waals surface area contributed by atoms with E-state index in [0.717, 1.165) is 0 Å². The molecule has 7 heteroatoms. The number of anilines is 1.